The first-order valence-electron chi connectivity index (χ1n) is 8.97. The lowest BCUT2D eigenvalue weighted by atomic mass is 9.91. The Morgan fingerprint density at radius 2 is 1.93 bits per heavy atom. The van der Waals surface area contributed by atoms with E-state index in [4.69, 9.17) is 11.6 Å². The van der Waals surface area contributed by atoms with Gasteiger partial charge in [0, 0.05) is 43.1 Å². The summed E-state index contributed by atoms with van der Waals surface area (Å²) in [5.74, 6) is 1.51. The van der Waals surface area contributed by atoms with Crippen molar-refractivity contribution in [3.63, 3.8) is 0 Å². The zero-order valence-corrected chi connectivity index (χ0v) is 15.8. The maximum absolute atomic E-state index is 10.6. The lowest BCUT2D eigenvalue weighted by Gasteiger charge is -2.33. The van der Waals surface area contributed by atoms with Gasteiger partial charge in [-0.2, -0.15) is 5.10 Å². The predicted molar refractivity (Wildman–Crippen MR) is 103 cm³/mol. The third kappa shape index (κ3) is 3.79. The van der Waals surface area contributed by atoms with Gasteiger partial charge in [-0.05, 0) is 30.9 Å². The van der Waals surface area contributed by atoms with Gasteiger partial charge in [-0.25, -0.2) is 9.97 Å². The van der Waals surface area contributed by atoms with Crippen LogP contribution in [-0.4, -0.2) is 42.9 Å². The summed E-state index contributed by atoms with van der Waals surface area (Å²) < 4.78 is 1.87. The van der Waals surface area contributed by atoms with E-state index in [1.54, 1.807) is 12.4 Å². The summed E-state index contributed by atoms with van der Waals surface area (Å²) in [5.41, 5.74) is 1.72. The van der Waals surface area contributed by atoms with E-state index < -0.39 is 6.10 Å². The average molecular weight is 385 g/mol. The fourth-order valence-corrected chi connectivity index (χ4v) is 3.60. The number of aromatic nitrogens is 5. The van der Waals surface area contributed by atoms with E-state index in [1.807, 2.05) is 42.1 Å². The monoisotopic (exact) mass is 384 g/mol. The summed E-state index contributed by atoms with van der Waals surface area (Å²) in [4.78, 5) is 11.1. The molecule has 0 amide bonds. The number of hydrogen-bond donors (Lipinski definition) is 1. The van der Waals surface area contributed by atoms with E-state index in [-0.39, 0.29) is 5.92 Å². The van der Waals surface area contributed by atoms with Crippen LogP contribution in [0.5, 0.6) is 0 Å². The van der Waals surface area contributed by atoms with E-state index in [1.165, 1.54) is 0 Å². The first-order valence-corrected chi connectivity index (χ1v) is 9.35. The molecule has 0 aliphatic carbocycles. The first-order chi connectivity index (χ1) is 13.1. The standard InChI is InChI=1S/C19H21ClN6O/c1-25-11-8-21-18(25)17(27)14-6-9-26(10-7-14)19-23-16(12-22-24-19)13-2-4-15(20)5-3-13/h2-5,8,11-12,14,17,27H,6-7,9-10H2,1H3. The fourth-order valence-electron chi connectivity index (χ4n) is 3.48. The highest BCUT2D eigenvalue weighted by Gasteiger charge is 2.29. The van der Waals surface area contributed by atoms with Gasteiger partial charge in [-0.3, -0.25) is 0 Å². The second-order valence-electron chi connectivity index (χ2n) is 6.81. The van der Waals surface area contributed by atoms with Crippen LogP contribution < -0.4 is 4.90 Å². The molecule has 7 nitrogen and oxygen atoms in total. The Balaban J connectivity index is 1.45. The molecular formula is C19H21ClN6O. The van der Waals surface area contributed by atoms with Gasteiger partial charge in [0.05, 0.1) is 11.9 Å². The van der Waals surface area contributed by atoms with E-state index in [2.05, 4.69) is 25.1 Å². The molecule has 1 atom stereocenters. The minimum atomic E-state index is -0.549. The Hall–Kier alpha value is -2.51. The first kappa shape index (κ1) is 17.9. The Morgan fingerprint density at radius 1 is 1.19 bits per heavy atom. The van der Waals surface area contributed by atoms with Crippen LogP contribution in [0.25, 0.3) is 11.3 Å². The van der Waals surface area contributed by atoms with Crippen LogP contribution in [0.15, 0.2) is 42.9 Å². The molecule has 1 aliphatic heterocycles. The van der Waals surface area contributed by atoms with Gasteiger partial charge in [0.15, 0.2) is 0 Å². The molecule has 1 unspecified atom stereocenters. The zero-order chi connectivity index (χ0) is 18.8. The van der Waals surface area contributed by atoms with Crippen molar-refractivity contribution in [3.8, 4) is 11.3 Å². The van der Waals surface area contributed by atoms with E-state index in [0.717, 1.165) is 43.0 Å². The van der Waals surface area contributed by atoms with Crippen LogP contribution in [0.4, 0.5) is 5.95 Å². The molecule has 140 valence electrons. The quantitative estimate of drug-likeness (QED) is 0.745. The van der Waals surface area contributed by atoms with Gasteiger partial charge in [0.2, 0.25) is 5.95 Å². The van der Waals surface area contributed by atoms with Crippen molar-refractivity contribution >= 4 is 17.5 Å². The van der Waals surface area contributed by atoms with Gasteiger partial charge in [-0.15, -0.1) is 5.10 Å². The molecule has 8 heteroatoms. The van der Waals surface area contributed by atoms with Gasteiger partial charge in [-0.1, -0.05) is 23.7 Å². The molecule has 0 radical (unpaired) electrons. The second-order valence-corrected chi connectivity index (χ2v) is 7.25. The lowest BCUT2D eigenvalue weighted by molar-refractivity contribution is 0.0823. The molecule has 1 fully saturated rings. The summed E-state index contributed by atoms with van der Waals surface area (Å²) in [6, 6.07) is 7.52. The number of piperidine rings is 1. The predicted octanol–water partition coefficient (Wildman–Crippen LogP) is 2.88. The molecular weight excluding hydrogens is 364 g/mol. The highest BCUT2D eigenvalue weighted by atomic mass is 35.5. The van der Waals surface area contributed by atoms with Gasteiger partial charge < -0.3 is 14.6 Å². The van der Waals surface area contributed by atoms with Crippen LogP contribution in [0, 0.1) is 5.92 Å². The van der Waals surface area contributed by atoms with Crippen LogP contribution >= 0.6 is 11.6 Å². The molecule has 2 aromatic heterocycles. The number of aliphatic hydroxyl groups excluding tert-OH is 1. The smallest absolute Gasteiger partial charge is 0.245 e. The lowest BCUT2D eigenvalue weighted by Crippen LogP contribution is -2.37. The SMILES string of the molecule is Cn1ccnc1C(O)C1CCN(c2nncc(-c3ccc(Cl)cc3)n2)CC1. The molecule has 0 spiro atoms. The number of aliphatic hydroxyl groups is 1. The highest BCUT2D eigenvalue weighted by molar-refractivity contribution is 6.30. The van der Waals surface area contributed by atoms with Crippen molar-refractivity contribution in [2.75, 3.05) is 18.0 Å². The summed E-state index contributed by atoms with van der Waals surface area (Å²) in [6.07, 6.45) is 6.38. The number of rotatable bonds is 4. The number of imidazole rings is 1. The van der Waals surface area contributed by atoms with Crippen LogP contribution in [-0.2, 0) is 7.05 Å². The molecule has 1 saturated heterocycles. The average Bonchev–Trinajstić information content (AvgIpc) is 3.14. The third-order valence-corrected chi connectivity index (χ3v) is 5.33. The minimum absolute atomic E-state index is 0.176. The number of nitrogens with zero attached hydrogens (tertiary/aromatic N) is 6. The number of halogens is 1. The normalized spacial score (nSPS) is 16.5. The number of benzene rings is 1. The largest absolute Gasteiger partial charge is 0.385 e. The molecule has 0 bridgehead atoms. The molecule has 0 saturated carbocycles. The summed E-state index contributed by atoms with van der Waals surface area (Å²) in [6.45, 7) is 1.55. The molecule has 3 aromatic rings. The van der Waals surface area contributed by atoms with E-state index in [0.29, 0.717) is 11.0 Å². The van der Waals surface area contributed by atoms with E-state index in [9.17, 15) is 5.11 Å². The number of anilines is 1. The van der Waals surface area contributed by atoms with Crippen molar-refractivity contribution in [1.82, 2.24) is 24.7 Å². The molecule has 3 heterocycles. The highest BCUT2D eigenvalue weighted by Crippen LogP contribution is 2.31. The molecule has 1 aromatic carbocycles. The minimum Gasteiger partial charge on any atom is -0.385 e. The molecule has 4 rings (SSSR count). The number of hydrogen-bond acceptors (Lipinski definition) is 6. The third-order valence-electron chi connectivity index (χ3n) is 5.08. The zero-order valence-electron chi connectivity index (χ0n) is 15.0. The summed E-state index contributed by atoms with van der Waals surface area (Å²) in [5, 5.41) is 19.6. The second kappa shape index (κ2) is 7.62. The summed E-state index contributed by atoms with van der Waals surface area (Å²) in [7, 11) is 1.91. The van der Waals surface area contributed by atoms with Crippen LogP contribution in [0.1, 0.15) is 24.8 Å². The van der Waals surface area contributed by atoms with Crippen molar-refractivity contribution in [2.45, 2.75) is 18.9 Å². The van der Waals surface area contributed by atoms with Crippen molar-refractivity contribution in [2.24, 2.45) is 13.0 Å². The Labute approximate surface area is 162 Å². The van der Waals surface area contributed by atoms with Gasteiger partial charge in [0.25, 0.3) is 0 Å². The fraction of sp³-hybridized carbons (Fsp3) is 0.368. The van der Waals surface area contributed by atoms with Crippen LogP contribution in [0.3, 0.4) is 0 Å². The topological polar surface area (TPSA) is 80.0 Å². The Bertz CT molecular complexity index is 905. The summed E-state index contributed by atoms with van der Waals surface area (Å²) >= 11 is 5.96. The Kier molecular flexibility index (Phi) is 5.05. The maximum Gasteiger partial charge on any atom is 0.245 e. The molecule has 1 aliphatic rings. The van der Waals surface area contributed by atoms with E-state index >= 15 is 0 Å². The van der Waals surface area contributed by atoms with Gasteiger partial charge in [0.1, 0.15) is 11.9 Å². The molecule has 1 N–H and O–H groups in total. The van der Waals surface area contributed by atoms with Crippen LogP contribution in [0.2, 0.25) is 5.02 Å². The van der Waals surface area contributed by atoms with Crippen molar-refractivity contribution in [3.05, 3.63) is 53.7 Å². The Morgan fingerprint density at radius 3 is 2.59 bits per heavy atom. The number of aryl methyl sites for hydroxylation is 1. The van der Waals surface area contributed by atoms with Crippen molar-refractivity contribution < 1.29 is 5.11 Å². The maximum atomic E-state index is 10.6. The molecule has 27 heavy (non-hydrogen) atoms. The van der Waals surface area contributed by atoms with Gasteiger partial charge >= 0.3 is 0 Å². The van der Waals surface area contributed by atoms with Crippen molar-refractivity contribution in [1.29, 1.82) is 0 Å².